The number of ether oxygens (including phenoxy) is 5. The van der Waals surface area contributed by atoms with Crippen molar-refractivity contribution in [3.8, 4) is 17.2 Å². The van der Waals surface area contributed by atoms with E-state index in [1.807, 2.05) is 30.3 Å². The predicted molar refractivity (Wildman–Crippen MR) is 121 cm³/mol. The Morgan fingerprint density at radius 2 is 1.30 bits per heavy atom. The SMILES string of the molecule is COC(=O)C1=CN(Cc2ccccc2)C=C(C(=O)OC)C1c1cc(OC)c(OC)c(OC)c1. The predicted octanol–water partition coefficient (Wildman–Crippen LogP) is 3.43. The molecule has 8 heteroatoms. The van der Waals surface area contributed by atoms with Crippen LogP contribution in [0.25, 0.3) is 0 Å². The maximum atomic E-state index is 12.9. The number of nitrogens with zero attached hydrogens (tertiary/aromatic N) is 1. The number of carbonyl (C=O) groups excluding carboxylic acids is 2. The molecule has 0 unspecified atom stereocenters. The van der Waals surface area contributed by atoms with Gasteiger partial charge in [-0.15, -0.1) is 0 Å². The van der Waals surface area contributed by atoms with Crippen LogP contribution < -0.4 is 14.2 Å². The molecule has 0 fully saturated rings. The lowest BCUT2D eigenvalue weighted by molar-refractivity contribution is -0.137. The van der Waals surface area contributed by atoms with Crippen LogP contribution in [0.2, 0.25) is 0 Å². The van der Waals surface area contributed by atoms with Gasteiger partial charge in [0.15, 0.2) is 11.5 Å². The third-order valence-electron chi connectivity index (χ3n) is 5.30. The molecule has 0 aromatic heterocycles. The summed E-state index contributed by atoms with van der Waals surface area (Å²) in [6.07, 6.45) is 3.36. The van der Waals surface area contributed by atoms with Crippen molar-refractivity contribution in [2.75, 3.05) is 35.5 Å². The number of rotatable bonds is 8. The van der Waals surface area contributed by atoms with Gasteiger partial charge in [0.25, 0.3) is 0 Å². The highest BCUT2D eigenvalue weighted by molar-refractivity contribution is 5.98. The molecule has 8 nitrogen and oxygen atoms in total. The molecule has 1 aliphatic heterocycles. The number of hydrogen-bond donors (Lipinski definition) is 0. The van der Waals surface area contributed by atoms with Crippen molar-refractivity contribution in [1.29, 1.82) is 0 Å². The molecule has 0 saturated heterocycles. The lowest BCUT2D eigenvalue weighted by atomic mass is 9.83. The van der Waals surface area contributed by atoms with Crippen molar-refractivity contribution in [2.24, 2.45) is 0 Å². The number of hydrogen-bond acceptors (Lipinski definition) is 8. The van der Waals surface area contributed by atoms with Crippen molar-refractivity contribution in [2.45, 2.75) is 12.5 Å². The average Bonchev–Trinajstić information content (AvgIpc) is 2.86. The van der Waals surface area contributed by atoms with Gasteiger partial charge < -0.3 is 28.6 Å². The van der Waals surface area contributed by atoms with E-state index in [-0.39, 0.29) is 11.1 Å². The van der Waals surface area contributed by atoms with Crippen LogP contribution in [0, 0.1) is 0 Å². The Labute approximate surface area is 192 Å². The Morgan fingerprint density at radius 3 is 1.73 bits per heavy atom. The van der Waals surface area contributed by atoms with Gasteiger partial charge in [0.05, 0.1) is 52.6 Å². The van der Waals surface area contributed by atoms with Crippen molar-refractivity contribution in [1.82, 2.24) is 4.90 Å². The Kier molecular flexibility index (Phi) is 7.61. The van der Waals surface area contributed by atoms with Crippen molar-refractivity contribution < 1.29 is 33.3 Å². The van der Waals surface area contributed by atoms with Crippen LogP contribution in [0.1, 0.15) is 17.0 Å². The minimum Gasteiger partial charge on any atom is -0.493 e. The lowest BCUT2D eigenvalue weighted by Crippen LogP contribution is -2.28. The molecule has 2 aromatic carbocycles. The van der Waals surface area contributed by atoms with Crippen LogP contribution in [0.3, 0.4) is 0 Å². The second kappa shape index (κ2) is 10.6. The molecule has 1 aliphatic rings. The first-order chi connectivity index (χ1) is 16.0. The molecule has 0 N–H and O–H groups in total. The normalized spacial score (nSPS) is 13.5. The second-order valence-electron chi connectivity index (χ2n) is 7.20. The molecule has 2 aromatic rings. The minimum absolute atomic E-state index is 0.269. The van der Waals surface area contributed by atoms with E-state index in [0.717, 1.165) is 5.56 Å². The molecule has 33 heavy (non-hydrogen) atoms. The summed E-state index contributed by atoms with van der Waals surface area (Å²) in [6.45, 7) is 0.448. The van der Waals surface area contributed by atoms with Crippen molar-refractivity contribution >= 4 is 11.9 Å². The van der Waals surface area contributed by atoms with Crippen LogP contribution in [-0.2, 0) is 25.6 Å². The molecular formula is C25H27NO7. The van der Waals surface area contributed by atoms with E-state index in [0.29, 0.717) is 29.4 Å². The Balaban J connectivity index is 2.17. The van der Waals surface area contributed by atoms with E-state index in [1.54, 1.807) is 29.4 Å². The first-order valence-electron chi connectivity index (χ1n) is 10.2. The quantitative estimate of drug-likeness (QED) is 0.563. The standard InChI is InChI=1S/C25H27NO7/c1-29-20-11-17(12-21(30-2)23(20)31-3)22-18(24(27)32-4)14-26(15-19(22)25(28)33-5)13-16-9-7-6-8-10-16/h6-12,14-15,22H,13H2,1-5H3. The number of benzene rings is 2. The van der Waals surface area contributed by atoms with Crippen LogP contribution in [0.4, 0.5) is 0 Å². The highest BCUT2D eigenvalue weighted by atomic mass is 16.5. The summed E-state index contributed by atoms with van der Waals surface area (Å²) in [5.74, 6) is -0.718. The first kappa shape index (κ1) is 23.7. The van der Waals surface area contributed by atoms with Gasteiger partial charge in [0.1, 0.15) is 0 Å². The van der Waals surface area contributed by atoms with Gasteiger partial charge in [0.2, 0.25) is 5.75 Å². The monoisotopic (exact) mass is 453 g/mol. The molecule has 0 saturated carbocycles. The first-order valence-corrected chi connectivity index (χ1v) is 10.2. The van der Waals surface area contributed by atoms with Crippen LogP contribution >= 0.6 is 0 Å². The molecule has 3 rings (SSSR count). The Hall–Kier alpha value is -3.94. The van der Waals surface area contributed by atoms with Crippen LogP contribution in [0.15, 0.2) is 66.0 Å². The average molecular weight is 453 g/mol. The largest absolute Gasteiger partial charge is 0.493 e. The highest BCUT2D eigenvalue weighted by Crippen LogP contribution is 2.45. The molecule has 0 radical (unpaired) electrons. The number of methoxy groups -OCH3 is 5. The molecule has 0 bridgehead atoms. The summed E-state index contributed by atoms with van der Waals surface area (Å²) in [5.41, 5.74) is 2.12. The third kappa shape index (κ3) is 4.95. The maximum Gasteiger partial charge on any atom is 0.336 e. The van der Waals surface area contributed by atoms with Gasteiger partial charge >= 0.3 is 11.9 Å². The minimum atomic E-state index is -0.773. The zero-order valence-electron chi connectivity index (χ0n) is 19.3. The molecule has 1 heterocycles. The van der Waals surface area contributed by atoms with Gasteiger partial charge in [-0.3, -0.25) is 0 Å². The molecule has 0 amide bonds. The van der Waals surface area contributed by atoms with E-state index in [1.165, 1.54) is 35.5 Å². The van der Waals surface area contributed by atoms with Crippen LogP contribution in [-0.4, -0.2) is 52.4 Å². The lowest BCUT2D eigenvalue weighted by Gasteiger charge is -2.30. The van der Waals surface area contributed by atoms with E-state index in [2.05, 4.69) is 0 Å². The summed E-state index contributed by atoms with van der Waals surface area (Å²) in [6, 6.07) is 13.1. The third-order valence-corrected chi connectivity index (χ3v) is 5.30. The van der Waals surface area contributed by atoms with Gasteiger partial charge in [0, 0.05) is 18.9 Å². The Bertz CT molecular complexity index is 1020. The Morgan fingerprint density at radius 1 is 0.788 bits per heavy atom. The maximum absolute atomic E-state index is 12.9. The van der Waals surface area contributed by atoms with E-state index >= 15 is 0 Å². The van der Waals surface area contributed by atoms with Gasteiger partial charge in [-0.25, -0.2) is 9.59 Å². The second-order valence-corrected chi connectivity index (χ2v) is 7.20. The topological polar surface area (TPSA) is 83.5 Å². The molecule has 0 aliphatic carbocycles. The van der Waals surface area contributed by atoms with Crippen molar-refractivity contribution in [3.63, 3.8) is 0 Å². The zero-order chi connectivity index (χ0) is 24.0. The van der Waals surface area contributed by atoms with Gasteiger partial charge in [-0.2, -0.15) is 0 Å². The fourth-order valence-electron chi connectivity index (χ4n) is 3.80. The van der Waals surface area contributed by atoms with Crippen LogP contribution in [0.5, 0.6) is 17.2 Å². The van der Waals surface area contributed by atoms with E-state index in [9.17, 15) is 9.59 Å². The summed E-state index contributed by atoms with van der Waals surface area (Å²) in [5, 5.41) is 0. The number of carbonyl (C=O) groups is 2. The van der Waals surface area contributed by atoms with Gasteiger partial charge in [-0.05, 0) is 23.3 Å². The van der Waals surface area contributed by atoms with Crippen molar-refractivity contribution in [3.05, 3.63) is 77.1 Å². The fourth-order valence-corrected chi connectivity index (χ4v) is 3.80. The number of esters is 2. The smallest absolute Gasteiger partial charge is 0.336 e. The molecule has 0 atom stereocenters. The summed E-state index contributed by atoms with van der Waals surface area (Å²) >= 11 is 0. The summed E-state index contributed by atoms with van der Waals surface area (Å²) in [7, 11) is 7.09. The molecule has 174 valence electrons. The summed E-state index contributed by atoms with van der Waals surface area (Å²) < 4.78 is 26.5. The van der Waals surface area contributed by atoms with E-state index < -0.39 is 17.9 Å². The highest BCUT2D eigenvalue weighted by Gasteiger charge is 2.36. The van der Waals surface area contributed by atoms with E-state index in [4.69, 9.17) is 23.7 Å². The molecule has 0 spiro atoms. The van der Waals surface area contributed by atoms with Gasteiger partial charge in [-0.1, -0.05) is 30.3 Å². The fraction of sp³-hybridized carbons (Fsp3) is 0.280. The summed E-state index contributed by atoms with van der Waals surface area (Å²) in [4.78, 5) is 27.5. The molecular weight excluding hydrogens is 426 g/mol. The zero-order valence-corrected chi connectivity index (χ0v) is 19.3.